The first-order chi connectivity index (χ1) is 8.38. The van der Waals surface area contributed by atoms with Gasteiger partial charge in [0.05, 0.1) is 11.7 Å². The molecule has 0 aromatic rings. The summed E-state index contributed by atoms with van der Waals surface area (Å²) in [4.78, 5) is 32.8. The molecule has 0 aromatic heterocycles. The van der Waals surface area contributed by atoms with Crippen molar-refractivity contribution in [2.75, 3.05) is 12.3 Å². The van der Waals surface area contributed by atoms with Crippen molar-refractivity contribution < 1.29 is 24.6 Å². The molecule has 8 heteroatoms. The lowest BCUT2D eigenvalue weighted by Gasteiger charge is -2.15. The Kier molecular flexibility index (Phi) is 8.14. The van der Waals surface area contributed by atoms with Gasteiger partial charge in [0.1, 0.15) is 6.04 Å². The van der Waals surface area contributed by atoms with Crippen LogP contribution in [0.15, 0.2) is 0 Å². The van der Waals surface area contributed by atoms with Gasteiger partial charge in [-0.3, -0.25) is 14.4 Å². The highest BCUT2D eigenvalue weighted by atomic mass is 32.2. The molecule has 18 heavy (non-hydrogen) atoms. The maximum Gasteiger partial charge on any atom is 0.321 e. The van der Waals surface area contributed by atoms with E-state index in [1.165, 1.54) is 0 Å². The van der Waals surface area contributed by atoms with E-state index in [9.17, 15) is 14.4 Å². The molecule has 0 saturated carbocycles. The number of aliphatic carboxylic acids is 2. The summed E-state index contributed by atoms with van der Waals surface area (Å²) < 4.78 is 0. The van der Waals surface area contributed by atoms with Crippen molar-refractivity contribution in [2.24, 2.45) is 5.73 Å². The van der Waals surface area contributed by atoms with Gasteiger partial charge in [0.2, 0.25) is 5.91 Å². The van der Waals surface area contributed by atoms with E-state index in [4.69, 9.17) is 15.9 Å². The van der Waals surface area contributed by atoms with Crippen LogP contribution in [0.2, 0.25) is 0 Å². The zero-order valence-electron chi connectivity index (χ0n) is 10.1. The van der Waals surface area contributed by atoms with Crippen molar-refractivity contribution in [3.63, 3.8) is 0 Å². The highest BCUT2D eigenvalue weighted by Crippen LogP contribution is 2.16. The molecule has 0 bridgehead atoms. The Bertz CT molecular complexity index is 311. The van der Waals surface area contributed by atoms with E-state index in [-0.39, 0.29) is 12.2 Å². The minimum atomic E-state index is -1.18. The summed E-state index contributed by atoms with van der Waals surface area (Å²) in [5.41, 5.74) is 5.30. The largest absolute Gasteiger partial charge is 0.481 e. The van der Waals surface area contributed by atoms with Crippen LogP contribution in [0.5, 0.6) is 0 Å². The molecule has 0 rings (SSSR count). The van der Waals surface area contributed by atoms with Gasteiger partial charge in [0, 0.05) is 12.3 Å². The monoisotopic (exact) mass is 278 g/mol. The minimum absolute atomic E-state index is 0.00712. The number of carboxylic acids is 2. The predicted molar refractivity (Wildman–Crippen MR) is 67.4 cm³/mol. The van der Waals surface area contributed by atoms with E-state index in [1.54, 1.807) is 0 Å². The summed E-state index contributed by atoms with van der Waals surface area (Å²) in [6, 6.07) is -1.11. The van der Waals surface area contributed by atoms with Crippen LogP contribution in [-0.4, -0.2) is 51.6 Å². The number of nitrogens with one attached hydrogen (secondary N) is 1. The van der Waals surface area contributed by atoms with E-state index in [2.05, 4.69) is 5.32 Å². The molecule has 2 unspecified atom stereocenters. The lowest BCUT2D eigenvalue weighted by Crippen LogP contribution is -2.38. The number of amides is 1. The molecule has 7 nitrogen and oxygen atoms in total. The van der Waals surface area contributed by atoms with Crippen molar-refractivity contribution in [1.82, 2.24) is 5.32 Å². The second-order valence-electron chi connectivity index (χ2n) is 3.66. The van der Waals surface area contributed by atoms with Gasteiger partial charge in [-0.2, -0.15) is 0 Å². The van der Waals surface area contributed by atoms with E-state index < -0.39 is 29.1 Å². The van der Waals surface area contributed by atoms with Crippen LogP contribution in [-0.2, 0) is 14.4 Å². The molecule has 0 aliphatic carbocycles. The van der Waals surface area contributed by atoms with Crippen molar-refractivity contribution in [3.8, 4) is 0 Å². The SMILES string of the molecule is CCCNC(=O)C(CC(=O)O)SCC(N)C(=O)O. The lowest BCUT2D eigenvalue weighted by molar-refractivity contribution is -0.138. The molecule has 5 N–H and O–H groups in total. The van der Waals surface area contributed by atoms with Crippen LogP contribution in [0.4, 0.5) is 0 Å². The zero-order chi connectivity index (χ0) is 14.1. The average Bonchev–Trinajstić information content (AvgIpc) is 2.30. The predicted octanol–water partition coefficient (Wildman–Crippen LogP) is -0.499. The molecule has 0 saturated heterocycles. The molecular formula is C10H18N2O5S. The maximum atomic E-state index is 11.6. The molecule has 0 heterocycles. The van der Waals surface area contributed by atoms with Gasteiger partial charge >= 0.3 is 11.9 Å². The maximum absolute atomic E-state index is 11.6. The number of carboxylic acid groups (broad SMARTS) is 2. The first kappa shape index (κ1) is 16.7. The second-order valence-corrected chi connectivity index (χ2v) is 4.89. The lowest BCUT2D eigenvalue weighted by atomic mass is 10.3. The Hall–Kier alpha value is -1.28. The van der Waals surface area contributed by atoms with Gasteiger partial charge in [-0.25, -0.2) is 0 Å². The van der Waals surface area contributed by atoms with Gasteiger partial charge in [0.15, 0.2) is 0 Å². The number of thioether (sulfide) groups is 1. The Morgan fingerprint density at radius 1 is 1.33 bits per heavy atom. The summed E-state index contributed by atoms with van der Waals surface area (Å²) >= 11 is 0.946. The first-order valence-electron chi connectivity index (χ1n) is 5.48. The fraction of sp³-hybridized carbons (Fsp3) is 0.700. The van der Waals surface area contributed by atoms with E-state index >= 15 is 0 Å². The first-order valence-corrected chi connectivity index (χ1v) is 6.52. The van der Waals surface area contributed by atoms with Crippen molar-refractivity contribution >= 4 is 29.6 Å². The number of hydrogen-bond acceptors (Lipinski definition) is 5. The average molecular weight is 278 g/mol. The summed E-state index contributed by atoms with van der Waals surface area (Å²) in [6.07, 6.45) is 0.386. The molecule has 0 radical (unpaired) electrons. The van der Waals surface area contributed by atoms with Crippen LogP contribution in [0, 0.1) is 0 Å². The minimum Gasteiger partial charge on any atom is -0.481 e. The highest BCUT2D eigenvalue weighted by Gasteiger charge is 2.24. The molecule has 0 aliphatic heterocycles. The van der Waals surface area contributed by atoms with Crippen molar-refractivity contribution in [3.05, 3.63) is 0 Å². The van der Waals surface area contributed by atoms with Crippen LogP contribution in [0.1, 0.15) is 19.8 Å². The Balaban J connectivity index is 4.34. The fourth-order valence-electron chi connectivity index (χ4n) is 1.04. The van der Waals surface area contributed by atoms with E-state index in [0.29, 0.717) is 6.54 Å². The molecule has 0 spiro atoms. The summed E-state index contributed by atoms with van der Waals surface area (Å²) in [6.45, 7) is 2.33. The normalized spacial score (nSPS) is 13.7. The van der Waals surface area contributed by atoms with Crippen molar-refractivity contribution in [1.29, 1.82) is 0 Å². The van der Waals surface area contributed by atoms with Gasteiger partial charge in [0.25, 0.3) is 0 Å². The Labute approximate surface area is 109 Å². The van der Waals surface area contributed by atoms with Crippen LogP contribution in [0.3, 0.4) is 0 Å². The quantitative estimate of drug-likeness (QED) is 0.447. The molecule has 2 atom stereocenters. The second kappa shape index (κ2) is 8.76. The molecule has 0 fully saturated rings. The molecular weight excluding hydrogens is 260 g/mol. The van der Waals surface area contributed by atoms with Gasteiger partial charge < -0.3 is 21.3 Å². The summed E-state index contributed by atoms with van der Waals surface area (Å²) in [7, 11) is 0. The van der Waals surface area contributed by atoms with Gasteiger partial charge in [-0.15, -0.1) is 11.8 Å². The smallest absolute Gasteiger partial charge is 0.321 e. The molecule has 1 amide bonds. The number of carbonyl (C=O) groups is 3. The molecule has 0 aliphatic rings. The van der Waals surface area contributed by atoms with E-state index in [0.717, 1.165) is 18.2 Å². The third kappa shape index (κ3) is 7.13. The number of nitrogens with two attached hydrogens (primary N) is 1. The third-order valence-corrected chi connectivity index (χ3v) is 3.33. The van der Waals surface area contributed by atoms with Crippen LogP contribution < -0.4 is 11.1 Å². The number of rotatable bonds is 9. The highest BCUT2D eigenvalue weighted by molar-refractivity contribution is 8.00. The van der Waals surface area contributed by atoms with E-state index in [1.807, 2.05) is 6.92 Å². The van der Waals surface area contributed by atoms with Gasteiger partial charge in [-0.05, 0) is 6.42 Å². The fourth-order valence-corrected chi connectivity index (χ4v) is 2.12. The van der Waals surface area contributed by atoms with Gasteiger partial charge in [-0.1, -0.05) is 6.92 Å². The van der Waals surface area contributed by atoms with Crippen LogP contribution >= 0.6 is 11.8 Å². The zero-order valence-corrected chi connectivity index (χ0v) is 10.9. The number of hydrogen-bond donors (Lipinski definition) is 4. The standard InChI is InChI=1S/C10H18N2O5S/c1-2-3-12-9(15)7(4-8(13)14)18-5-6(11)10(16)17/h6-7H,2-5,11H2,1H3,(H,12,15)(H,13,14)(H,16,17). The molecule has 104 valence electrons. The van der Waals surface area contributed by atoms with Crippen molar-refractivity contribution in [2.45, 2.75) is 31.1 Å². The van der Waals surface area contributed by atoms with Crippen LogP contribution in [0.25, 0.3) is 0 Å². The summed E-state index contributed by atoms with van der Waals surface area (Å²) in [5, 5.41) is 19.1. The molecule has 0 aromatic carbocycles. The topological polar surface area (TPSA) is 130 Å². The Morgan fingerprint density at radius 2 is 1.94 bits per heavy atom. The summed E-state index contributed by atoms with van der Waals surface area (Å²) in [5.74, 6) is -2.69. The number of carbonyl (C=O) groups excluding carboxylic acids is 1. The third-order valence-electron chi connectivity index (χ3n) is 2.00. The Morgan fingerprint density at radius 3 is 2.39 bits per heavy atom.